The molecule has 0 bridgehead atoms. The van der Waals surface area contributed by atoms with Gasteiger partial charge < -0.3 is 14.8 Å². The van der Waals surface area contributed by atoms with Crippen molar-refractivity contribution in [1.29, 1.82) is 0 Å². The Labute approximate surface area is 227 Å². The van der Waals surface area contributed by atoms with E-state index in [9.17, 15) is 23.2 Å². The molecule has 1 aliphatic rings. The second kappa shape index (κ2) is 12.0. The second-order valence-electron chi connectivity index (χ2n) is 8.66. The average Bonchev–Trinajstić information content (AvgIpc) is 3.23. The van der Waals surface area contributed by atoms with Crippen molar-refractivity contribution in [3.63, 3.8) is 0 Å². The van der Waals surface area contributed by atoms with Gasteiger partial charge >= 0.3 is 11.9 Å². The Morgan fingerprint density at radius 3 is 2.55 bits per heavy atom. The molecule has 0 fully saturated rings. The quantitative estimate of drug-likeness (QED) is 0.284. The van der Waals surface area contributed by atoms with Crippen LogP contribution in [0.3, 0.4) is 0 Å². The molecule has 11 heteroatoms. The zero-order chi connectivity index (χ0) is 27.4. The van der Waals surface area contributed by atoms with Crippen molar-refractivity contribution in [1.82, 2.24) is 4.90 Å². The lowest BCUT2D eigenvalue weighted by Crippen LogP contribution is -2.31. The Morgan fingerprint density at radius 2 is 1.84 bits per heavy atom. The number of carbonyl (C=O) groups excluding carboxylic acids is 3. The summed E-state index contributed by atoms with van der Waals surface area (Å²) >= 11 is 7.10. The molecule has 7 nitrogen and oxygen atoms in total. The molecule has 1 amide bonds. The Morgan fingerprint density at radius 1 is 1.13 bits per heavy atom. The minimum Gasteiger partial charge on any atom is -0.462 e. The summed E-state index contributed by atoms with van der Waals surface area (Å²) in [5.41, 5.74) is 1.87. The highest BCUT2D eigenvalue weighted by molar-refractivity contribution is 7.17. The molecule has 0 saturated heterocycles. The number of amides is 1. The zero-order valence-electron chi connectivity index (χ0n) is 20.7. The summed E-state index contributed by atoms with van der Waals surface area (Å²) in [6.45, 7) is 5.24. The average molecular weight is 563 g/mol. The Balaban J connectivity index is 1.51. The first-order chi connectivity index (χ1) is 18.2. The lowest BCUT2D eigenvalue weighted by Gasteiger charge is -2.27. The molecular formula is C27H25ClF2N2O5S. The van der Waals surface area contributed by atoms with E-state index in [2.05, 4.69) is 22.3 Å². The van der Waals surface area contributed by atoms with E-state index in [-0.39, 0.29) is 11.6 Å². The summed E-state index contributed by atoms with van der Waals surface area (Å²) in [4.78, 5) is 41.4. The molecule has 3 aromatic rings. The van der Waals surface area contributed by atoms with E-state index < -0.39 is 41.1 Å². The Hall–Kier alpha value is -3.34. The fourth-order valence-corrected chi connectivity index (χ4v) is 5.62. The van der Waals surface area contributed by atoms with Crippen molar-refractivity contribution in [3.05, 3.63) is 86.3 Å². The molecule has 1 N–H and O–H groups in total. The van der Waals surface area contributed by atoms with Crippen LogP contribution >= 0.6 is 22.9 Å². The lowest BCUT2D eigenvalue weighted by molar-refractivity contribution is -0.123. The summed E-state index contributed by atoms with van der Waals surface area (Å²) in [6.07, 6.45) is -0.725. The third-order valence-electron chi connectivity index (χ3n) is 5.98. The van der Waals surface area contributed by atoms with Crippen LogP contribution in [-0.2, 0) is 33.8 Å². The van der Waals surface area contributed by atoms with Gasteiger partial charge in [0.05, 0.1) is 22.8 Å². The van der Waals surface area contributed by atoms with Gasteiger partial charge in [-0.2, -0.15) is 0 Å². The third-order valence-corrected chi connectivity index (χ3v) is 7.43. The topological polar surface area (TPSA) is 84.9 Å². The predicted molar refractivity (Wildman–Crippen MR) is 139 cm³/mol. The van der Waals surface area contributed by atoms with Gasteiger partial charge in [0, 0.05) is 24.5 Å². The van der Waals surface area contributed by atoms with Gasteiger partial charge in [0.1, 0.15) is 5.00 Å². The summed E-state index contributed by atoms with van der Waals surface area (Å²) in [6, 6.07) is 11.3. The molecule has 0 aliphatic carbocycles. The normalized spacial score (nSPS) is 13.9. The van der Waals surface area contributed by atoms with Gasteiger partial charge in [-0.05, 0) is 43.5 Å². The number of rotatable bonds is 8. The van der Waals surface area contributed by atoms with Gasteiger partial charge in [0.25, 0.3) is 5.91 Å². The van der Waals surface area contributed by atoms with Crippen molar-refractivity contribution in [2.75, 3.05) is 18.5 Å². The number of ether oxygens (including phenoxy) is 2. The molecule has 1 atom stereocenters. The first kappa shape index (κ1) is 27.7. The summed E-state index contributed by atoms with van der Waals surface area (Å²) in [5.74, 6) is -4.84. The molecule has 0 saturated carbocycles. The largest absolute Gasteiger partial charge is 0.462 e. The number of thiophene rings is 1. The maximum atomic E-state index is 13.6. The molecule has 1 aromatic heterocycles. The number of carbonyl (C=O) groups is 3. The molecule has 200 valence electrons. The van der Waals surface area contributed by atoms with Crippen molar-refractivity contribution in [3.8, 4) is 0 Å². The van der Waals surface area contributed by atoms with E-state index in [0.29, 0.717) is 35.7 Å². The molecule has 4 rings (SSSR count). The van der Waals surface area contributed by atoms with Gasteiger partial charge in [-0.1, -0.05) is 41.9 Å². The first-order valence-corrected chi connectivity index (χ1v) is 13.1. The van der Waals surface area contributed by atoms with Crippen molar-refractivity contribution >= 4 is 45.8 Å². The number of halogens is 3. The van der Waals surface area contributed by atoms with E-state index >= 15 is 0 Å². The van der Waals surface area contributed by atoms with Gasteiger partial charge in [-0.15, -0.1) is 11.3 Å². The van der Waals surface area contributed by atoms with Gasteiger partial charge in [0.15, 0.2) is 17.7 Å². The summed E-state index contributed by atoms with van der Waals surface area (Å²) in [7, 11) is 0. The first-order valence-electron chi connectivity index (χ1n) is 11.9. The molecule has 2 aromatic carbocycles. The van der Waals surface area contributed by atoms with Crippen molar-refractivity contribution < 1.29 is 32.6 Å². The van der Waals surface area contributed by atoms with Crippen LogP contribution in [0.15, 0.2) is 42.5 Å². The minimum atomic E-state index is -1.32. The van der Waals surface area contributed by atoms with E-state index in [4.69, 9.17) is 21.1 Å². The highest BCUT2D eigenvalue weighted by Crippen LogP contribution is 2.38. The van der Waals surface area contributed by atoms with Crippen molar-refractivity contribution in [2.24, 2.45) is 0 Å². The molecule has 0 spiro atoms. The van der Waals surface area contributed by atoms with Crippen LogP contribution in [0.1, 0.15) is 50.6 Å². The number of fused-ring (bicyclic) bond motifs is 1. The van der Waals surface area contributed by atoms with Crippen LogP contribution in [0, 0.1) is 11.6 Å². The van der Waals surface area contributed by atoms with Crippen LogP contribution in [-0.4, -0.2) is 42.0 Å². The number of hydrogen-bond donors (Lipinski definition) is 1. The third kappa shape index (κ3) is 6.20. The lowest BCUT2D eigenvalue weighted by atomic mass is 10.0. The van der Waals surface area contributed by atoms with Crippen LogP contribution in [0.25, 0.3) is 0 Å². The van der Waals surface area contributed by atoms with Crippen LogP contribution < -0.4 is 5.32 Å². The highest BCUT2D eigenvalue weighted by atomic mass is 35.5. The van der Waals surface area contributed by atoms with Crippen molar-refractivity contribution in [2.45, 2.75) is 39.5 Å². The van der Waals surface area contributed by atoms with E-state index in [0.717, 1.165) is 23.5 Å². The molecule has 2 heterocycles. The fraction of sp³-hybridized carbons (Fsp3) is 0.296. The van der Waals surface area contributed by atoms with Gasteiger partial charge in [-0.3, -0.25) is 9.69 Å². The monoisotopic (exact) mass is 562 g/mol. The Bertz CT molecular complexity index is 1370. The fourth-order valence-electron chi connectivity index (χ4n) is 4.11. The maximum Gasteiger partial charge on any atom is 0.341 e. The number of nitrogens with zero attached hydrogens (tertiary/aromatic N) is 1. The maximum absolute atomic E-state index is 13.6. The summed E-state index contributed by atoms with van der Waals surface area (Å²) in [5, 5.41) is 2.63. The SMILES string of the molecule is CCOC(=O)c1c(NC(=O)[C@@H](C)OC(=O)c2cc(F)c(F)cc2Cl)sc2c1CCN(Cc1ccccc1)C2. The molecular weight excluding hydrogens is 538 g/mol. The number of anilines is 1. The smallest absolute Gasteiger partial charge is 0.341 e. The van der Waals surface area contributed by atoms with E-state index in [1.165, 1.54) is 23.8 Å². The number of nitrogens with one attached hydrogen (secondary N) is 1. The molecule has 0 unspecified atom stereocenters. The van der Waals surface area contributed by atoms with Crippen LogP contribution in [0.5, 0.6) is 0 Å². The summed E-state index contributed by atoms with van der Waals surface area (Å²) < 4.78 is 37.3. The zero-order valence-corrected chi connectivity index (χ0v) is 22.3. The van der Waals surface area contributed by atoms with E-state index in [1.54, 1.807) is 6.92 Å². The van der Waals surface area contributed by atoms with Crippen LogP contribution in [0.2, 0.25) is 5.02 Å². The molecule has 38 heavy (non-hydrogen) atoms. The van der Waals surface area contributed by atoms with Crippen LogP contribution in [0.4, 0.5) is 13.8 Å². The minimum absolute atomic E-state index is 0.167. The number of esters is 2. The predicted octanol–water partition coefficient (Wildman–Crippen LogP) is 5.60. The highest BCUT2D eigenvalue weighted by Gasteiger charge is 2.31. The number of benzene rings is 2. The van der Waals surface area contributed by atoms with Gasteiger partial charge in [0.2, 0.25) is 0 Å². The van der Waals surface area contributed by atoms with E-state index in [1.807, 2.05) is 18.2 Å². The number of hydrogen-bond acceptors (Lipinski definition) is 7. The Kier molecular flexibility index (Phi) is 8.76. The second-order valence-corrected chi connectivity index (χ2v) is 10.2. The molecule has 0 radical (unpaired) electrons. The standard InChI is InChI=1S/C27H25ClF2N2O5S/c1-3-36-27(35)23-17-9-10-32(13-16-7-5-4-6-8-16)14-22(17)38-25(23)31-24(33)15(2)37-26(34)18-11-20(29)21(30)12-19(18)28/h4-8,11-12,15H,3,9-10,13-14H2,1-2H3,(H,31,33)/t15-/m1/s1. The van der Waals surface area contributed by atoms with Gasteiger partial charge in [-0.25, -0.2) is 18.4 Å². The molecule has 1 aliphatic heterocycles.